The number of benzene rings is 2. The number of carbonyl (C=O) groups excluding carboxylic acids is 3. The van der Waals surface area contributed by atoms with Crippen molar-refractivity contribution in [2.75, 3.05) is 26.2 Å². The molecule has 7 nitrogen and oxygen atoms in total. The van der Waals surface area contributed by atoms with Gasteiger partial charge in [0, 0.05) is 31.7 Å². The van der Waals surface area contributed by atoms with Crippen LogP contribution in [0.25, 0.3) is 11.0 Å². The Labute approximate surface area is 161 Å². The zero-order chi connectivity index (χ0) is 19.5. The van der Waals surface area contributed by atoms with Gasteiger partial charge in [-0.05, 0) is 24.3 Å². The Balaban J connectivity index is 1.41. The number of piperazine rings is 1. The maximum Gasteiger partial charge on any atom is 0.296 e. The highest BCUT2D eigenvalue weighted by atomic mass is 16.2. The molecule has 1 fully saturated rings. The summed E-state index contributed by atoms with van der Waals surface area (Å²) in [6, 6.07) is 16.2. The predicted molar refractivity (Wildman–Crippen MR) is 103 cm³/mol. The van der Waals surface area contributed by atoms with Crippen molar-refractivity contribution in [1.82, 2.24) is 19.8 Å². The summed E-state index contributed by atoms with van der Waals surface area (Å²) >= 11 is 0. The molecule has 2 amide bonds. The van der Waals surface area contributed by atoms with Gasteiger partial charge in [-0.25, -0.2) is 4.98 Å². The van der Waals surface area contributed by atoms with E-state index in [1.165, 1.54) is 11.1 Å². The third kappa shape index (κ3) is 3.46. The van der Waals surface area contributed by atoms with E-state index in [-0.39, 0.29) is 11.6 Å². The number of amides is 2. The molecule has 1 aliphatic rings. The molecule has 3 aromatic rings. The van der Waals surface area contributed by atoms with Gasteiger partial charge < -0.3 is 9.80 Å². The Hall–Kier alpha value is -3.61. The third-order valence-electron chi connectivity index (χ3n) is 4.75. The van der Waals surface area contributed by atoms with E-state index in [0.29, 0.717) is 42.8 Å². The number of fused-ring (bicyclic) bond motifs is 1. The lowest BCUT2D eigenvalue weighted by atomic mass is 10.1. The van der Waals surface area contributed by atoms with Gasteiger partial charge in [-0.1, -0.05) is 30.3 Å². The number of aromatic nitrogens is 2. The van der Waals surface area contributed by atoms with Crippen LogP contribution in [0.5, 0.6) is 0 Å². The topological polar surface area (TPSA) is 83.5 Å². The lowest BCUT2D eigenvalue weighted by molar-refractivity contribution is -0.127. The maximum absolute atomic E-state index is 12.6. The van der Waals surface area contributed by atoms with E-state index in [0.717, 1.165) is 0 Å². The molecule has 4 rings (SSSR count). The first-order valence-electron chi connectivity index (χ1n) is 9.03. The Morgan fingerprint density at radius 1 is 0.750 bits per heavy atom. The van der Waals surface area contributed by atoms with E-state index in [9.17, 15) is 14.4 Å². The molecule has 0 N–H and O–H groups in total. The number of hydrogen-bond donors (Lipinski definition) is 0. The van der Waals surface area contributed by atoms with Gasteiger partial charge in [0.1, 0.15) is 5.69 Å². The lowest BCUT2D eigenvalue weighted by Crippen LogP contribution is -2.52. The molecule has 28 heavy (non-hydrogen) atoms. The summed E-state index contributed by atoms with van der Waals surface area (Å²) in [5.74, 6) is -1.36. The van der Waals surface area contributed by atoms with E-state index in [4.69, 9.17) is 0 Å². The first-order valence-corrected chi connectivity index (χ1v) is 9.03. The summed E-state index contributed by atoms with van der Waals surface area (Å²) in [7, 11) is 0. The average molecular weight is 374 g/mol. The Morgan fingerprint density at radius 2 is 1.36 bits per heavy atom. The SMILES string of the molecule is O=C(C(=O)N1CCN(C(=O)c2ccccc2)CC1)c1cnc2ccccc2n1. The molecule has 1 aliphatic heterocycles. The first-order chi connectivity index (χ1) is 13.6. The van der Waals surface area contributed by atoms with Crippen LogP contribution >= 0.6 is 0 Å². The van der Waals surface area contributed by atoms with Crippen LogP contribution in [0.2, 0.25) is 0 Å². The van der Waals surface area contributed by atoms with Crippen molar-refractivity contribution >= 4 is 28.6 Å². The average Bonchev–Trinajstić information content (AvgIpc) is 2.78. The number of para-hydroxylation sites is 2. The van der Waals surface area contributed by atoms with Crippen molar-refractivity contribution in [3.8, 4) is 0 Å². The molecule has 1 saturated heterocycles. The summed E-state index contributed by atoms with van der Waals surface area (Å²) in [6.07, 6.45) is 1.33. The summed E-state index contributed by atoms with van der Waals surface area (Å²) in [6.45, 7) is 1.39. The van der Waals surface area contributed by atoms with Crippen molar-refractivity contribution in [2.45, 2.75) is 0 Å². The molecule has 140 valence electrons. The highest BCUT2D eigenvalue weighted by Gasteiger charge is 2.29. The lowest BCUT2D eigenvalue weighted by Gasteiger charge is -2.34. The molecule has 0 aliphatic carbocycles. The summed E-state index contributed by atoms with van der Waals surface area (Å²) in [5, 5.41) is 0. The van der Waals surface area contributed by atoms with Crippen LogP contribution in [0.3, 0.4) is 0 Å². The molecule has 0 bridgehead atoms. The third-order valence-corrected chi connectivity index (χ3v) is 4.75. The molecule has 7 heteroatoms. The van der Waals surface area contributed by atoms with Crippen LogP contribution < -0.4 is 0 Å². The molecule has 2 heterocycles. The van der Waals surface area contributed by atoms with Crippen molar-refractivity contribution < 1.29 is 14.4 Å². The monoisotopic (exact) mass is 374 g/mol. The second kappa shape index (κ2) is 7.56. The van der Waals surface area contributed by atoms with Crippen LogP contribution in [0.1, 0.15) is 20.8 Å². The van der Waals surface area contributed by atoms with E-state index < -0.39 is 11.7 Å². The summed E-state index contributed by atoms with van der Waals surface area (Å²) in [4.78, 5) is 49.2. The van der Waals surface area contributed by atoms with Gasteiger partial charge in [0.25, 0.3) is 17.6 Å². The van der Waals surface area contributed by atoms with Crippen LogP contribution in [0.15, 0.2) is 60.8 Å². The van der Waals surface area contributed by atoms with Crippen molar-refractivity contribution in [3.63, 3.8) is 0 Å². The molecule has 0 spiro atoms. The van der Waals surface area contributed by atoms with Crippen molar-refractivity contribution in [2.24, 2.45) is 0 Å². The number of nitrogens with zero attached hydrogens (tertiary/aromatic N) is 4. The fourth-order valence-electron chi connectivity index (χ4n) is 3.20. The predicted octanol–water partition coefficient (Wildman–Crippen LogP) is 1.80. The van der Waals surface area contributed by atoms with E-state index in [2.05, 4.69) is 9.97 Å². The number of ketones is 1. The van der Waals surface area contributed by atoms with Crippen LogP contribution in [0, 0.1) is 0 Å². The molecule has 2 aromatic carbocycles. The Bertz CT molecular complexity index is 1040. The van der Waals surface area contributed by atoms with Crippen molar-refractivity contribution in [1.29, 1.82) is 0 Å². The molecule has 0 radical (unpaired) electrons. The minimum Gasteiger partial charge on any atom is -0.335 e. The number of Topliss-reactive ketones (excluding diaryl/α,β-unsaturated/α-hetero) is 1. The second-order valence-corrected chi connectivity index (χ2v) is 6.52. The van der Waals surface area contributed by atoms with E-state index in [1.54, 1.807) is 35.2 Å². The van der Waals surface area contributed by atoms with Gasteiger partial charge in [-0.3, -0.25) is 19.4 Å². The Kier molecular flexibility index (Phi) is 4.80. The van der Waals surface area contributed by atoms with E-state index in [1.807, 2.05) is 24.3 Å². The number of hydrogen-bond acceptors (Lipinski definition) is 5. The largest absolute Gasteiger partial charge is 0.335 e. The minimum absolute atomic E-state index is 0.0338. The van der Waals surface area contributed by atoms with Crippen molar-refractivity contribution in [3.05, 3.63) is 72.1 Å². The maximum atomic E-state index is 12.6. The fourth-order valence-corrected chi connectivity index (χ4v) is 3.20. The summed E-state index contributed by atoms with van der Waals surface area (Å²) < 4.78 is 0. The molecule has 1 aromatic heterocycles. The molecular weight excluding hydrogens is 356 g/mol. The van der Waals surface area contributed by atoms with Gasteiger partial charge in [0.15, 0.2) is 0 Å². The smallest absolute Gasteiger partial charge is 0.296 e. The second-order valence-electron chi connectivity index (χ2n) is 6.52. The van der Waals surface area contributed by atoms with Gasteiger partial charge >= 0.3 is 0 Å². The zero-order valence-corrected chi connectivity index (χ0v) is 15.1. The van der Waals surface area contributed by atoms with Crippen LogP contribution in [-0.4, -0.2) is 63.5 Å². The Morgan fingerprint density at radius 3 is 2.07 bits per heavy atom. The van der Waals surface area contributed by atoms with Gasteiger partial charge in [0.05, 0.1) is 17.2 Å². The molecule has 0 atom stereocenters. The van der Waals surface area contributed by atoms with Crippen LogP contribution in [0.4, 0.5) is 0 Å². The highest BCUT2D eigenvalue weighted by molar-refractivity contribution is 6.42. The van der Waals surface area contributed by atoms with Gasteiger partial charge in [0.2, 0.25) is 0 Å². The quantitative estimate of drug-likeness (QED) is 0.516. The standard InChI is InChI=1S/C21H18N4O3/c26-19(18-14-22-16-8-4-5-9-17(16)23-18)21(28)25-12-10-24(11-13-25)20(27)15-6-2-1-3-7-15/h1-9,14H,10-13H2. The normalized spacial score (nSPS) is 14.1. The highest BCUT2D eigenvalue weighted by Crippen LogP contribution is 2.12. The van der Waals surface area contributed by atoms with E-state index >= 15 is 0 Å². The molecule has 0 saturated carbocycles. The number of carbonyl (C=O) groups is 3. The molecule has 0 unspecified atom stereocenters. The van der Waals surface area contributed by atoms with Gasteiger partial charge in [-0.15, -0.1) is 0 Å². The first kappa shape index (κ1) is 17.8. The summed E-state index contributed by atoms with van der Waals surface area (Å²) in [5.41, 5.74) is 1.88. The van der Waals surface area contributed by atoms with Gasteiger partial charge in [-0.2, -0.15) is 0 Å². The zero-order valence-electron chi connectivity index (χ0n) is 15.1. The molecular formula is C21H18N4O3. The number of rotatable bonds is 3. The van der Waals surface area contributed by atoms with Crippen LogP contribution in [-0.2, 0) is 4.79 Å². The fraction of sp³-hybridized carbons (Fsp3) is 0.190. The minimum atomic E-state index is -0.680.